The highest BCUT2D eigenvalue weighted by atomic mass is 127. The number of benzene rings is 1. The van der Waals surface area contributed by atoms with Gasteiger partial charge in [-0.15, -0.1) is 0 Å². The Bertz CT molecular complexity index is 518. The molecule has 0 saturated heterocycles. The zero-order chi connectivity index (χ0) is 12.4. The summed E-state index contributed by atoms with van der Waals surface area (Å²) >= 11 is 2.01. The predicted octanol–water partition coefficient (Wildman–Crippen LogP) is 3.91. The molecule has 0 atom stereocenters. The van der Waals surface area contributed by atoms with Gasteiger partial charge in [0.2, 0.25) is 0 Å². The number of hydrogen-bond donors (Lipinski definition) is 1. The maximum Gasteiger partial charge on any atom is 0.194 e. The van der Waals surface area contributed by atoms with E-state index in [1.54, 1.807) is 12.1 Å². The molecular weight excluding hydrogens is 346 g/mol. The number of rotatable bonds is 3. The van der Waals surface area contributed by atoms with Gasteiger partial charge in [0.25, 0.3) is 0 Å². The minimum atomic E-state index is -1.47. The van der Waals surface area contributed by atoms with E-state index in [0.29, 0.717) is 5.76 Å². The van der Waals surface area contributed by atoms with Crippen LogP contribution < -0.4 is 5.32 Å². The largest absolute Gasteiger partial charge is 0.454 e. The summed E-state index contributed by atoms with van der Waals surface area (Å²) in [4.78, 5) is 0. The van der Waals surface area contributed by atoms with Crippen LogP contribution in [-0.4, -0.2) is 0 Å². The van der Waals surface area contributed by atoms with Crippen LogP contribution in [0.1, 0.15) is 5.76 Å². The number of hydrogen-bond acceptors (Lipinski definition) is 2. The van der Waals surface area contributed by atoms with E-state index in [0.717, 1.165) is 15.9 Å². The standard InChI is InChI=1S/C11H7F3INO/c12-8-3-6(4-9(13)11(8)14)16-5-7-1-2-10(15)17-7/h1-4,16H,5H2. The van der Waals surface area contributed by atoms with Gasteiger partial charge >= 0.3 is 0 Å². The minimum absolute atomic E-state index is 0.160. The van der Waals surface area contributed by atoms with Crippen molar-refractivity contribution >= 4 is 28.3 Å². The molecule has 0 aliphatic rings. The average Bonchev–Trinajstić information content (AvgIpc) is 2.69. The van der Waals surface area contributed by atoms with Gasteiger partial charge in [0.1, 0.15) is 5.76 Å². The van der Waals surface area contributed by atoms with Crippen molar-refractivity contribution in [2.24, 2.45) is 0 Å². The Morgan fingerprint density at radius 1 is 1.12 bits per heavy atom. The Labute approximate surface area is 109 Å². The molecule has 2 nitrogen and oxygen atoms in total. The van der Waals surface area contributed by atoms with E-state index >= 15 is 0 Å². The number of anilines is 1. The van der Waals surface area contributed by atoms with E-state index in [2.05, 4.69) is 5.32 Å². The van der Waals surface area contributed by atoms with Crippen LogP contribution in [0.5, 0.6) is 0 Å². The van der Waals surface area contributed by atoms with E-state index < -0.39 is 17.5 Å². The molecule has 0 bridgehead atoms. The second-order valence-electron chi connectivity index (χ2n) is 3.31. The molecule has 2 aromatic rings. The fourth-order valence-corrected chi connectivity index (χ4v) is 1.76. The molecule has 1 aromatic heterocycles. The zero-order valence-corrected chi connectivity index (χ0v) is 10.6. The van der Waals surface area contributed by atoms with Gasteiger partial charge in [-0.1, -0.05) is 0 Å². The van der Waals surface area contributed by atoms with Crippen molar-refractivity contribution in [2.45, 2.75) is 6.54 Å². The van der Waals surface area contributed by atoms with Gasteiger partial charge in [-0.05, 0) is 34.7 Å². The van der Waals surface area contributed by atoms with Crippen LogP contribution in [-0.2, 0) is 6.54 Å². The summed E-state index contributed by atoms with van der Waals surface area (Å²) in [5, 5.41) is 2.74. The second-order valence-corrected chi connectivity index (χ2v) is 4.38. The number of nitrogens with one attached hydrogen (secondary N) is 1. The summed E-state index contributed by atoms with van der Waals surface area (Å²) in [6, 6.07) is 5.30. The predicted molar refractivity (Wildman–Crippen MR) is 65.1 cm³/mol. The van der Waals surface area contributed by atoms with Gasteiger partial charge in [0.05, 0.1) is 6.54 Å². The second kappa shape index (κ2) is 4.99. The van der Waals surface area contributed by atoms with E-state index in [9.17, 15) is 13.2 Å². The first kappa shape index (κ1) is 12.3. The van der Waals surface area contributed by atoms with Crippen molar-refractivity contribution < 1.29 is 17.6 Å². The van der Waals surface area contributed by atoms with E-state index in [4.69, 9.17) is 4.42 Å². The molecule has 6 heteroatoms. The molecule has 1 N–H and O–H groups in total. The molecule has 90 valence electrons. The molecule has 0 fully saturated rings. The Morgan fingerprint density at radius 3 is 2.29 bits per heavy atom. The van der Waals surface area contributed by atoms with Crippen LogP contribution in [0.3, 0.4) is 0 Å². The smallest absolute Gasteiger partial charge is 0.194 e. The van der Waals surface area contributed by atoms with E-state index in [1.165, 1.54) is 0 Å². The first-order chi connectivity index (χ1) is 8.06. The summed E-state index contributed by atoms with van der Waals surface area (Å²) in [6.07, 6.45) is 0. The van der Waals surface area contributed by atoms with Crippen LogP contribution in [0.2, 0.25) is 0 Å². The molecule has 17 heavy (non-hydrogen) atoms. The first-order valence-electron chi connectivity index (χ1n) is 4.69. The third kappa shape index (κ3) is 2.93. The van der Waals surface area contributed by atoms with Crippen molar-refractivity contribution in [1.29, 1.82) is 0 Å². The maximum absolute atomic E-state index is 12.9. The first-order valence-corrected chi connectivity index (χ1v) is 5.77. The van der Waals surface area contributed by atoms with Gasteiger partial charge in [-0.25, -0.2) is 13.2 Å². The topological polar surface area (TPSA) is 25.2 Å². The maximum atomic E-state index is 12.9. The van der Waals surface area contributed by atoms with Crippen molar-refractivity contribution in [2.75, 3.05) is 5.32 Å². The van der Waals surface area contributed by atoms with Crippen molar-refractivity contribution in [3.8, 4) is 0 Å². The Kier molecular flexibility index (Phi) is 3.60. The highest BCUT2D eigenvalue weighted by Crippen LogP contribution is 2.18. The highest BCUT2D eigenvalue weighted by molar-refractivity contribution is 14.1. The molecule has 2 rings (SSSR count). The van der Waals surface area contributed by atoms with Gasteiger partial charge in [0, 0.05) is 17.8 Å². The molecule has 1 aromatic carbocycles. The Morgan fingerprint density at radius 2 is 1.76 bits per heavy atom. The molecular formula is C11H7F3INO. The third-order valence-electron chi connectivity index (χ3n) is 2.08. The van der Waals surface area contributed by atoms with Gasteiger partial charge < -0.3 is 9.73 Å². The fraction of sp³-hybridized carbons (Fsp3) is 0.0909. The van der Waals surface area contributed by atoms with Crippen molar-refractivity contribution in [3.63, 3.8) is 0 Å². The lowest BCUT2D eigenvalue weighted by atomic mass is 10.3. The molecule has 1 heterocycles. The molecule has 0 unspecified atom stereocenters. The average molecular weight is 353 g/mol. The van der Waals surface area contributed by atoms with E-state index in [1.807, 2.05) is 22.6 Å². The van der Waals surface area contributed by atoms with Gasteiger partial charge in [-0.2, -0.15) is 0 Å². The Hall–Kier alpha value is -1.18. The normalized spacial score (nSPS) is 10.6. The van der Waals surface area contributed by atoms with Crippen molar-refractivity contribution in [1.82, 2.24) is 0 Å². The quantitative estimate of drug-likeness (QED) is 0.669. The van der Waals surface area contributed by atoms with Gasteiger partial charge in [0.15, 0.2) is 21.2 Å². The lowest BCUT2D eigenvalue weighted by Gasteiger charge is -2.05. The molecule has 0 spiro atoms. The monoisotopic (exact) mass is 353 g/mol. The van der Waals surface area contributed by atoms with Crippen LogP contribution in [0.15, 0.2) is 28.7 Å². The summed E-state index contributed by atoms with van der Waals surface area (Å²) < 4.78 is 44.4. The summed E-state index contributed by atoms with van der Waals surface area (Å²) in [6.45, 7) is 0.271. The minimum Gasteiger partial charge on any atom is -0.454 e. The fourth-order valence-electron chi connectivity index (χ4n) is 1.29. The highest BCUT2D eigenvalue weighted by Gasteiger charge is 2.10. The zero-order valence-electron chi connectivity index (χ0n) is 8.44. The molecule has 0 saturated carbocycles. The summed E-state index contributed by atoms with van der Waals surface area (Å²) in [7, 11) is 0. The Balaban J connectivity index is 2.09. The summed E-state index contributed by atoms with van der Waals surface area (Å²) in [5.41, 5.74) is 0.160. The summed E-state index contributed by atoms with van der Waals surface area (Å²) in [5.74, 6) is -3.29. The van der Waals surface area contributed by atoms with Crippen molar-refractivity contribution in [3.05, 3.63) is 51.2 Å². The number of furan rings is 1. The van der Waals surface area contributed by atoms with Crippen LogP contribution in [0, 0.1) is 21.2 Å². The van der Waals surface area contributed by atoms with Crippen LogP contribution in [0.4, 0.5) is 18.9 Å². The van der Waals surface area contributed by atoms with Crippen LogP contribution in [0.25, 0.3) is 0 Å². The molecule has 0 aliphatic heterocycles. The molecule has 0 radical (unpaired) electrons. The SMILES string of the molecule is Fc1cc(NCc2ccc(I)o2)cc(F)c1F. The third-order valence-corrected chi connectivity index (χ3v) is 2.66. The van der Waals surface area contributed by atoms with E-state index in [-0.39, 0.29) is 12.2 Å². The van der Waals surface area contributed by atoms with Gasteiger partial charge in [-0.3, -0.25) is 0 Å². The molecule has 0 amide bonds. The lowest BCUT2D eigenvalue weighted by molar-refractivity contribution is 0.447. The number of halogens is 4. The lowest BCUT2D eigenvalue weighted by Crippen LogP contribution is -2.01. The van der Waals surface area contributed by atoms with Crippen LogP contribution >= 0.6 is 22.6 Å². The molecule has 0 aliphatic carbocycles.